The Morgan fingerprint density at radius 3 is 2.40 bits per heavy atom. The maximum absolute atomic E-state index is 12.7. The summed E-state index contributed by atoms with van der Waals surface area (Å²) < 4.78 is 44.5. The first-order valence-corrected chi connectivity index (χ1v) is 8.34. The second-order valence-corrected chi connectivity index (χ2v) is 6.50. The molecule has 9 heteroatoms. The van der Waals surface area contributed by atoms with Crippen LogP contribution in [0.1, 0.15) is 21.5 Å². The van der Waals surface area contributed by atoms with Crippen molar-refractivity contribution < 1.29 is 22.7 Å². The first kappa shape index (κ1) is 19.5. The summed E-state index contributed by atoms with van der Waals surface area (Å²) in [6.07, 6.45) is -3.15. The van der Waals surface area contributed by atoms with Crippen LogP contribution in [-0.2, 0) is 6.18 Å². The highest BCUT2D eigenvalue weighted by Gasteiger charge is 2.30. The highest BCUT2D eigenvalue weighted by Crippen LogP contribution is 2.34. The third-order valence-corrected chi connectivity index (χ3v) is 4.23. The zero-order valence-electron chi connectivity index (χ0n) is 12.7. The normalized spacial score (nSPS) is 11.6. The molecule has 1 N–H and O–H groups in total. The summed E-state index contributed by atoms with van der Waals surface area (Å²) in [7, 11) is 1.52. The van der Waals surface area contributed by atoms with E-state index in [1.54, 1.807) is 12.1 Å². The molecule has 0 heterocycles. The van der Waals surface area contributed by atoms with E-state index in [4.69, 9.17) is 4.74 Å². The van der Waals surface area contributed by atoms with E-state index in [0.29, 0.717) is 20.3 Å². The Balaban J connectivity index is 2.11. The number of nitrogens with zero attached hydrogens (tertiary/aromatic N) is 1. The summed E-state index contributed by atoms with van der Waals surface area (Å²) in [6.45, 7) is 0. The first-order chi connectivity index (χ1) is 11.7. The lowest BCUT2D eigenvalue weighted by atomic mass is 10.1. The Kier molecular flexibility index (Phi) is 6.23. The summed E-state index contributed by atoms with van der Waals surface area (Å²) in [5, 5.41) is 3.76. The number of benzene rings is 2. The van der Waals surface area contributed by atoms with Crippen LogP contribution >= 0.6 is 31.9 Å². The van der Waals surface area contributed by atoms with Gasteiger partial charge in [-0.2, -0.15) is 18.3 Å². The Bertz CT molecular complexity index is 800. The summed E-state index contributed by atoms with van der Waals surface area (Å²) >= 11 is 6.66. The zero-order valence-corrected chi connectivity index (χ0v) is 15.9. The highest BCUT2D eigenvalue weighted by molar-refractivity contribution is 9.11. The highest BCUT2D eigenvalue weighted by atomic mass is 79.9. The summed E-state index contributed by atoms with van der Waals surface area (Å²) in [5.74, 6) is -0.140. The molecule has 0 radical (unpaired) electrons. The fourth-order valence-electron chi connectivity index (χ4n) is 1.92. The maximum Gasteiger partial charge on any atom is 0.416 e. The molecule has 0 spiro atoms. The number of halogens is 5. The summed E-state index contributed by atoms with van der Waals surface area (Å²) in [5.41, 5.74) is 1.81. The number of nitrogens with one attached hydrogen (secondary N) is 1. The van der Waals surface area contributed by atoms with Crippen LogP contribution in [0.3, 0.4) is 0 Å². The van der Waals surface area contributed by atoms with Crippen molar-refractivity contribution in [3.8, 4) is 5.75 Å². The van der Waals surface area contributed by atoms with Crippen molar-refractivity contribution >= 4 is 44.0 Å². The van der Waals surface area contributed by atoms with E-state index < -0.39 is 17.6 Å². The number of alkyl halides is 3. The molecule has 1 amide bonds. The Hall–Kier alpha value is -1.87. The van der Waals surface area contributed by atoms with Crippen LogP contribution in [0.15, 0.2) is 50.4 Å². The van der Waals surface area contributed by atoms with Gasteiger partial charge >= 0.3 is 6.18 Å². The zero-order chi connectivity index (χ0) is 18.6. The second-order valence-electron chi connectivity index (χ2n) is 4.80. The van der Waals surface area contributed by atoms with Gasteiger partial charge in [-0.25, -0.2) is 5.43 Å². The van der Waals surface area contributed by atoms with E-state index in [-0.39, 0.29) is 5.56 Å². The van der Waals surface area contributed by atoms with Gasteiger partial charge in [-0.15, -0.1) is 0 Å². The number of ether oxygens (including phenoxy) is 1. The predicted octanol–water partition coefficient (Wildman–Crippen LogP) is 5.00. The van der Waals surface area contributed by atoms with Gasteiger partial charge in [0, 0.05) is 5.56 Å². The Labute approximate surface area is 158 Å². The van der Waals surface area contributed by atoms with Crippen LogP contribution in [0.25, 0.3) is 0 Å². The molecule has 0 aliphatic rings. The summed E-state index contributed by atoms with van der Waals surface area (Å²) in [6, 6.07) is 7.53. The number of hydrogen-bond donors (Lipinski definition) is 1. The lowest BCUT2D eigenvalue weighted by molar-refractivity contribution is -0.137. The van der Waals surface area contributed by atoms with Crippen molar-refractivity contribution in [2.24, 2.45) is 5.10 Å². The molecule has 2 aromatic rings. The largest absolute Gasteiger partial charge is 0.494 e. The van der Waals surface area contributed by atoms with Gasteiger partial charge in [0.2, 0.25) is 0 Å². The van der Waals surface area contributed by atoms with Crippen molar-refractivity contribution in [2.45, 2.75) is 6.18 Å². The van der Waals surface area contributed by atoms with Gasteiger partial charge in [0.25, 0.3) is 5.91 Å². The average Bonchev–Trinajstić information content (AvgIpc) is 2.54. The third kappa shape index (κ3) is 5.05. The molecule has 2 aromatic carbocycles. The molecular formula is C16H11Br2F3N2O2. The van der Waals surface area contributed by atoms with E-state index in [1.807, 2.05) is 0 Å². The number of carbonyl (C=O) groups is 1. The van der Waals surface area contributed by atoms with Crippen LogP contribution in [-0.4, -0.2) is 19.2 Å². The molecule has 4 nitrogen and oxygen atoms in total. The van der Waals surface area contributed by atoms with Crippen LogP contribution in [0.2, 0.25) is 0 Å². The van der Waals surface area contributed by atoms with Gasteiger partial charge in [0.1, 0.15) is 5.75 Å². The fourth-order valence-corrected chi connectivity index (χ4v) is 3.46. The Morgan fingerprint density at radius 2 is 1.84 bits per heavy atom. The van der Waals surface area contributed by atoms with E-state index in [0.717, 1.165) is 12.1 Å². The first-order valence-electron chi connectivity index (χ1n) is 6.76. The number of rotatable bonds is 4. The molecule has 25 heavy (non-hydrogen) atoms. The topological polar surface area (TPSA) is 50.7 Å². The number of hydrogen-bond acceptors (Lipinski definition) is 3. The maximum atomic E-state index is 12.7. The predicted molar refractivity (Wildman–Crippen MR) is 94.9 cm³/mol. The lowest BCUT2D eigenvalue weighted by Gasteiger charge is -2.08. The van der Waals surface area contributed by atoms with E-state index in [1.165, 1.54) is 25.5 Å². The molecule has 0 bridgehead atoms. The van der Waals surface area contributed by atoms with Crippen LogP contribution in [0, 0.1) is 0 Å². The van der Waals surface area contributed by atoms with Crippen molar-refractivity contribution in [3.05, 3.63) is 62.0 Å². The van der Waals surface area contributed by atoms with E-state index >= 15 is 0 Å². The minimum atomic E-state index is -4.51. The molecule has 132 valence electrons. The quantitative estimate of drug-likeness (QED) is 0.495. The molecular weight excluding hydrogens is 469 g/mol. The lowest BCUT2D eigenvalue weighted by Crippen LogP contribution is -2.18. The molecule has 0 fully saturated rings. The molecule has 0 aliphatic carbocycles. The number of carbonyl (C=O) groups excluding carboxylic acids is 1. The molecule has 0 unspecified atom stereocenters. The van der Waals surface area contributed by atoms with Crippen LogP contribution < -0.4 is 10.2 Å². The van der Waals surface area contributed by atoms with E-state index in [2.05, 4.69) is 42.4 Å². The SMILES string of the molecule is COc1c(Br)cc(/C=N\NC(=O)c2cccc(C(F)(F)F)c2)cc1Br. The van der Waals surface area contributed by atoms with Gasteiger partial charge < -0.3 is 4.74 Å². The smallest absolute Gasteiger partial charge is 0.416 e. The number of hydrazone groups is 1. The third-order valence-electron chi connectivity index (χ3n) is 3.06. The Morgan fingerprint density at radius 1 is 1.20 bits per heavy atom. The second kappa shape index (κ2) is 8.01. The number of amides is 1. The molecule has 0 aliphatic heterocycles. The monoisotopic (exact) mass is 478 g/mol. The molecule has 0 atom stereocenters. The van der Waals surface area contributed by atoms with Crippen molar-refractivity contribution in [2.75, 3.05) is 7.11 Å². The average molecular weight is 480 g/mol. The van der Waals surface area contributed by atoms with Crippen molar-refractivity contribution in [3.63, 3.8) is 0 Å². The minimum Gasteiger partial charge on any atom is -0.494 e. The standard InChI is InChI=1S/C16H11Br2F3N2O2/c1-25-14-12(17)5-9(6-13(14)18)8-22-23-15(24)10-3-2-4-11(7-10)16(19,20)21/h2-8H,1H3,(H,23,24)/b22-8-. The summed E-state index contributed by atoms with van der Waals surface area (Å²) in [4.78, 5) is 11.9. The van der Waals surface area contributed by atoms with Gasteiger partial charge in [-0.3, -0.25) is 4.79 Å². The van der Waals surface area contributed by atoms with Crippen LogP contribution in [0.4, 0.5) is 13.2 Å². The van der Waals surface area contributed by atoms with E-state index in [9.17, 15) is 18.0 Å². The molecule has 0 aromatic heterocycles. The van der Waals surface area contributed by atoms with Gasteiger partial charge in [0.05, 0.1) is 27.8 Å². The van der Waals surface area contributed by atoms with Gasteiger partial charge in [-0.05, 0) is 67.8 Å². The molecule has 0 saturated carbocycles. The fraction of sp³-hybridized carbons (Fsp3) is 0.125. The van der Waals surface area contributed by atoms with Crippen molar-refractivity contribution in [1.29, 1.82) is 0 Å². The van der Waals surface area contributed by atoms with Crippen molar-refractivity contribution in [1.82, 2.24) is 5.43 Å². The minimum absolute atomic E-state index is 0.135. The van der Waals surface area contributed by atoms with Gasteiger partial charge in [-0.1, -0.05) is 6.07 Å². The molecule has 0 saturated heterocycles. The van der Waals surface area contributed by atoms with Gasteiger partial charge in [0.15, 0.2) is 0 Å². The van der Waals surface area contributed by atoms with Crippen LogP contribution in [0.5, 0.6) is 5.75 Å². The molecule has 2 rings (SSSR count). The number of methoxy groups -OCH3 is 1.